The van der Waals surface area contributed by atoms with Gasteiger partial charge in [-0.1, -0.05) is 12.1 Å². The van der Waals surface area contributed by atoms with Gasteiger partial charge in [0.15, 0.2) is 0 Å². The van der Waals surface area contributed by atoms with Crippen LogP contribution in [0.5, 0.6) is 0 Å². The fourth-order valence-corrected chi connectivity index (χ4v) is 3.44. The van der Waals surface area contributed by atoms with Crippen LogP contribution in [0.2, 0.25) is 0 Å². The molecule has 3 N–H and O–H groups in total. The Balaban J connectivity index is 1.61. The van der Waals surface area contributed by atoms with Crippen LogP contribution in [0, 0.1) is 5.82 Å². The first-order valence-corrected chi connectivity index (χ1v) is 10.1. The topological polar surface area (TPSA) is 78.7 Å². The summed E-state index contributed by atoms with van der Waals surface area (Å²) < 4.78 is 14.9. The highest BCUT2D eigenvalue weighted by Crippen LogP contribution is 2.18. The van der Waals surface area contributed by atoms with Gasteiger partial charge in [-0.3, -0.25) is 14.5 Å². The number of halogens is 1. The Bertz CT molecular complexity index is 914. The molecule has 0 aliphatic carbocycles. The van der Waals surface area contributed by atoms with Crippen LogP contribution in [-0.2, 0) is 6.54 Å². The third kappa shape index (κ3) is 5.36. The molecule has 0 radical (unpaired) electrons. The zero-order chi connectivity index (χ0) is 21.9. The van der Waals surface area contributed by atoms with E-state index in [2.05, 4.69) is 10.2 Å². The van der Waals surface area contributed by atoms with E-state index >= 15 is 0 Å². The second kappa shape index (κ2) is 8.83. The third-order valence-corrected chi connectivity index (χ3v) is 5.02. The zero-order valence-corrected chi connectivity index (χ0v) is 17.7. The number of anilines is 1. The number of hydrogen-bond acceptors (Lipinski definition) is 4. The fourth-order valence-electron chi connectivity index (χ4n) is 3.44. The van der Waals surface area contributed by atoms with Crippen LogP contribution in [0.1, 0.15) is 47.1 Å². The molecule has 1 aliphatic heterocycles. The molecule has 7 heteroatoms. The molecule has 0 spiro atoms. The highest BCUT2D eigenvalue weighted by molar-refractivity contribution is 5.95. The van der Waals surface area contributed by atoms with Gasteiger partial charge in [-0.05, 0) is 51.1 Å². The molecule has 0 aromatic heterocycles. The summed E-state index contributed by atoms with van der Waals surface area (Å²) in [5.74, 6) is -0.929. The van der Waals surface area contributed by atoms with Crippen LogP contribution in [0.4, 0.5) is 10.1 Å². The van der Waals surface area contributed by atoms with Gasteiger partial charge < -0.3 is 16.0 Å². The average Bonchev–Trinajstić information content (AvgIpc) is 2.69. The molecule has 2 aromatic rings. The van der Waals surface area contributed by atoms with Crippen LogP contribution >= 0.6 is 0 Å². The molecule has 0 unspecified atom stereocenters. The van der Waals surface area contributed by atoms with Gasteiger partial charge in [0.25, 0.3) is 11.8 Å². The first kappa shape index (κ1) is 21.8. The van der Waals surface area contributed by atoms with Crippen molar-refractivity contribution in [3.63, 3.8) is 0 Å². The summed E-state index contributed by atoms with van der Waals surface area (Å²) in [5.41, 5.74) is 7.01. The van der Waals surface area contributed by atoms with E-state index in [1.54, 1.807) is 41.3 Å². The van der Waals surface area contributed by atoms with Crippen LogP contribution in [-0.4, -0.2) is 53.3 Å². The Morgan fingerprint density at radius 3 is 2.27 bits per heavy atom. The van der Waals surface area contributed by atoms with Gasteiger partial charge in [0.05, 0.1) is 5.56 Å². The summed E-state index contributed by atoms with van der Waals surface area (Å²) >= 11 is 0. The van der Waals surface area contributed by atoms with Gasteiger partial charge >= 0.3 is 0 Å². The van der Waals surface area contributed by atoms with E-state index in [0.717, 1.165) is 0 Å². The Kier molecular flexibility index (Phi) is 6.41. The second-order valence-electron chi connectivity index (χ2n) is 8.67. The Hall–Kier alpha value is -2.93. The quantitative estimate of drug-likeness (QED) is 0.757. The van der Waals surface area contributed by atoms with Crippen molar-refractivity contribution in [2.75, 3.05) is 31.9 Å². The number of hydrogen-bond donors (Lipinski definition) is 2. The van der Waals surface area contributed by atoms with Crippen molar-refractivity contribution in [3.05, 3.63) is 65.0 Å². The summed E-state index contributed by atoms with van der Waals surface area (Å²) in [6, 6.07) is 11.8. The lowest BCUT2D eigenvalue weighted by atomic mass is 10.0. The number of amides is 2. The predicted octanol–water partition coefficient (Wildman–Crippen LogP) is 2.89. The molecule has 1 aliphatic rings. The Morgan fingerprint density at radius 2 is 1.67 bits per heavy atom. The van der Waals surface area contributed by atoms with Crippen LogP contribution in [0.3, 0.4) is 0 Å². The fraction of sp³-hybridized carbons (Fsp3) is 0.391. The van der Waals surface area contributed by atoms with E-state index in [1.807, 2.05) is 20.8 Å². The average molecular weight is 413 g/mol. The maximum atomic E-state index is 14.9. The molecule has 2 amide bonds. The van der Waals surface area contributed by atoms with Crippen LogP contribution < -0.4 is 11.1 Å². The van der Waals surface area contributed by atoms with E-state index in [1.165, 1.54) is 6.07 Å². The van der Waals surface area contributed by atoms with Crippen molar-refractivity contribution >= 4 is 17.5 Å². The molecule has 1 saturated heterocycles. The van der Waals surface area contributed by atoms with Gasteiger partial charge in [-0.2, -0.15) is 0 Å². The summed E-state index contributed by atoms with van der Waals surface area (Å²) in [6.45, 7) is 8.38. The number of benzene rings is 2. The van der Waals surface area contributed by atoms with Gasteiger partial charge in [-0.15, -0.1) is 0 Å². The molecule has 1 heterocycles. The number of carbonyl (C=O) groups is 2. The lowest BCUT2D eigenvalue weighted by molar-refractivity contribution is 0.0626. The van der Waals surface area contributed by atoms with Gasteiger partial charge in [-0.25, -0.2) is 4.39 Å². The molecule has 3 rings (SSSR count). The molecule has 2 aromatic carbocycles. The van der Waals surface area contributed by atoms with Crippen molar-refractivity contribution in [1.82, 2.24) is 15.1 Å². The maximum absolute atomic E-state index is 14.9. The number of rotatable bonds is 4. The number of nitrogens with two attached hydrogens (primary N) is 1. The Labute approximate surface area is 176 Å². The summed E-state index contributed by atoms with van der Waals surface area (Å²) in [6.07, 6.45) is 0. The molecule has 30 heavy (non-hydrogen) atoms. The first-order valence-electron chi connectivity index (χ1n) is 10.1. The van der Waals surface area contributed by atoms with Crippen molar-refractivity contribution < 1.29 is 14.0 Å². The lowest BCUT2D eigenvalue weighted by Gasteiger charge is -2.35. The second-order valence-corrected chi connectivity index (χ2v) is 8.67. The maximum Gasteiger partial charge on any atom is 0.254 e. The number of piperazine rings is 1. The number of nitrogen functional groups attached to an aromatic ring is 1. The van der Waals surface area contributed by atoms with Crippen molar-refractivity contribution in [2.24, 2.45) is 0 Å². The smallest absolute Gasteiger partial charge is 0.254 e. The summed E-state index contributed by atoms with van der Waals surface area (Å²) in [5, 5.41) is 2.80. The molecule has 1 fully saturated rings. The molecular formula is C23H29FN4O2. The molecular weight excluding hydrogens is 383 g/mol. The van der Waals surface area contributed by atoms with Crippen LogP contribution in [0.25, 0.3) is 0 Å². The molecule has 6 nitrogen and oxygen atoms in total. The van der Waals surface area contributed by atoms with Crippen molar-refractivity contribution in [1.29, 1.82) is 0 Å². The summed E-state index contributed by atoms with van der Waals surface area (Å²) in [7, 11) is 0. The largest absolute Gasteiger partial charge is 0.399 e. The molecule has 0 saturated carbocycles. The van der Waals surface area contributed by atoms with E-state index < -0.39 is 17.3 Å². The van der Waals surface area contributed by atoms with E-state index in [-0.39, 0.29) is 11.5 Å². The van der Waals surface area contributed by atoms with Gasteiger partial charge in [0.2, 0.25) is 0 Å². The van der Waals surface area contributed by atoms with Crippen molar-refractivity contribution in [2.45, 2.75) is 32.9 Å². The number of carbonyl (C=O) groups excluding carboxylic acids is 2. The van der Waals surface area contributed by atoms with Crippen molar-refractivity contribution in [3.8, 4) is 0 Å². The molecule has 160 valence electrons. The van der Waals surface area contributed by atoms with E-state index in [0.29, 0.717) is 49.5 Å². The Morgan fingerprint density at radius 1 is 1.03 bits per heavy atom. The zero-order valence-electron chi connectivity index (χ0n) is 17.7. The minimum absolute atomic E-state index is 0.0262. The van der Waals surface area contributed by atoms with E-state index in [9.17, 15) is 14.0 Å². The van der Waals surface area contributed by atoms with E-state index in [4.69, 9.17) is 5.73 Å². The number of nitrogens with one attached hydrogen (secondary N) is 1. The number of nitrogens with zero attached hydrogens (tertiary/aromatic N) is 2. The highest BCUT2D eigenvalue weighted by Gasteiger charge is 2.24. The lowest BCUT2D eigenvalue weighted by Crippen LogP contribution is -2.48. The van der Waals surface area contributed by atoms with Gasteiger partial charge in [0, 0.05) is 55.1 Å². The normalized spacial score (nSPS) is 15.1. The SMILES string of the molecule is CC(C)(C)NC(=O)c1cccc(CN2CCN(C(=O)c3ccc(N)cc3)CC2)c1F. The standard InChI is InChI=1S/C23H29FN4O2/c1-23(2,3)26-21(29)19-6-4-5-17(20(19)24)15-27-11-13-28(14-12-27)22(30)16-7-9-18(25)10-8-16/h4-10H,11-15,25H2,1-3H3,(H,26,29). The summed E-state index contributed by atoms with van der Waals surface area (Å²) in [4.78, 5) is 28.9. The predicted molar refractivity (Wildman–Crippen MR) is 116 cm³/mol. The monoisotopic (exact) mass is 412 g/mol. The highest BCUT2D eigenvalue weighted by atomic mass is 19.1. The third-order valence-electron chi connectivity index (χ3n) is 5.02. The molecule has 0 bridgehead atoms. The molecule has 0 atom stereocenters. The van der Waals surface area contributed by atoms with Gasteiger partial charge in [0.1, 0.15) is 5.82 Å². The first-order chi connectivity index (χ1) is 14.1. The van der Waals surface area contributed by atoms with Crippen LogP contribution in [0.15, 0.2) is 42.5 Å². The minimum Gasteiger partial charge on any atom is -0.399 e. The minimum atomic E-state index is -0.486.